The molecule has 6 heteroatoms. The number of halogens is 3. The van der Waals surface area contributed by atoms with Gasteiger partial charge in [-0.25, -0.2) is 8.78 Å². The molecule has 24 heavy (non-hydrogen) atoms. The van der Waals surface area contributed by atoms with Gasteiger partial charge in [-0.1, -0.05) is 23.7 Å². The highest BCUT2D eigenvalue weighted by Crippen LogP contribution is 2.38. The lowest BCUT2D eigenvalue weighted by atomic mass is 9.80. The summed E-state index contributed by atoms with van der Waals surface area (Å²) in [5.41, 5.74) is 0.621. The Morgan fingerprint density at radius 2 is 1.92 bits per heavy atom. The minimum absolute atomic E-state index is 0.142. The van der Waals surface area contributed by atoms with Crippen LogP contribution in [-0.4, -0.2) is 13.1 Å². The maximum Gasteiger partial charge on any atom is 0.306 e. The molecule has 0 heterocycles. The van der Waals surface area contributed by atoms with Crippen LogP contribution in [0.2, 0.25) is 5.02 Å². The molecular weight excluding hydrogens is 336 g/mol. The van der Waals surface area contributed by atoms with E-state index in [2.05, 4.69) is 10.8 Å². The van der Waals surface area contributed by atoms with Crippen LogP contribution in [0.1, 0.15) is 29.4 Å². The van der Waals surface area contributed by atoms with Crippen molar-refractivity contribution in [1.29, 1.82) is 5.26 Å². The molecule has 2 aromatic carbocycles. The molecule has 0 aliphatic heterocycles. The van der Waals surface area contributed by atoms with Gasteiger partial charge in [-0.3, -0.25) is 4.79 Å². The zero-order chi connectivity index (χ0) is 17.7. The van der Waals surface area contributed by atoms with Crippen LogP contribution in [0.25, 0.3) is 0 Å². The van der Waals surface area contributed by atoms with E-state index in [4.69, 9.17) is 11.6 Å². The number of carbonyl (C=O) groups is 1. The number of benzene rings is 2. The van der Waals surface area contributed by atoms with Crippen molar-refractivity contribution in [2.24, 2.45) is 0 Å². The molecule has 0 saturated carbocycles. The van der Waals surface area contributed by atoms with Crippen molar-refractivity contribution in [3.05, 3.63) is 70.2 Å². The normalized spacial score (nSPS) is 13.0. The van der Waals surface area contributed by atoms with Gasteiger partial charge in [0, 0.05) is 10.9 Å². The number of ether oxygens (including phenoxy) is 1. The average molecular weight is 350 g/mol. The van der Waals surface area contributed by atoms with Crippen LogP contribution in [0.5, 0.6) is 0 Å². The number of methoxy groups -OCH3 is 1. The van der Waals surface area contributed by atoms with E-state index in [1.54, 1.807) is 0 Å². The molecule has 3 nitrogen and oxygen atoms in total. The number of esters is 1. The largest absolute Gasteiger partial charge is 0.469 e. The van der Waals surface area contributed by atoms with Crippen molar-refractivity contribution in [3.63, 3.8) is 0 Å². The standard InChI is InChI=1S/C18H14ClF2NO2/c1-24-18(23)9-14(15-8-12(19)4-7-17(15)21)16(10-22)11-2-5-13(20)6-3-11/h2-8,14,16H,9H2,1H3. The molecule has 2 unspecified atom stereocenters. The number of nitriles is 1. The van der Waals surface area contributed by atoms with Gasteiger partial charge in [0.15, 0.2) is 0 Å². The first-order valence-corrected chi connectivity index (χ1v) is 7.51. The fraction of sp³-hybridized carbons (Fsp3) is 0.222. The molecule has 0 saturated heterocycles. The zero-order valence-corrected chi connectivity index (χ0v) is 13.6. The Balaban J connectivity index is 2.51. The van der Waals surface area contributed by atoms with Crippen LogP contribution < -0.4 is 0 Å². The fourth-order valence-corrected chi connectivity index (χ4v) is 2.72. The number of hydrogen-bond donors (Lipinski definition) is 0. The van der Waals surface area contributed by atoms with Crippen molar-refractivity contribution in [1.82, 2.24) is 0 Å². The predicted octanol–water partition coefficient (Wildman–Crippen LogP) is 4.57. The molecule has 2 atom stereocenters. The Kier molecular flexibility index (Phi) is 5.88. The second-order valence-electron chi connectivity index (χ2n) is 5.21. The highest BCUT2D eigenvalue weighted by Gasteiger charge is 2.30. The highest BCUT2D eigenvalue weighted by molar-refractivity contribution is 6.30. The molecule has 2 rings (SSSR count). The smallest absolute Gasteiger partial charge is 0.306 e. The van der Waals surface area contributed by atoms with Crippen LogP contribution in [0.15, 0.2) is 42.5 Å². The van der Waals surface area contributed by atoms with Gasteiger partial charge in [0.1, 0.15) is 11.6 Å². The van der Waals surface area contributed by atoms with Crippen LogP contribution in [-0.2, 0) is 9.53 Å². The summed E-state index contributed by atoms with van der Waals surface area (Å²) >= 11 is 5.93. The summed E-state index contributed by atoms with van der Waals surface area (Å²) in [6.45, 7) is 0. The van der Waals surface area contributed by atoms with Gasteiger partial charge in [-0.15, -0.1) is 0 Å². The first-order chi connectivity index (χ1) is 11.5. The lowest BCUT2D eigenvalue weighted by Crippen LogP contribution is -2.17. The maximum absolute atomic E-state index is 14.3. The number of hydrogen-bond acceptors (Lipinski definition) is 3. The van der Waals surface area contributed by atoms with E-state index in [9.17, 15) is 18.8 Å². The first-order valence-electron chi connectivity index (χ1n) is 7.13. The lowest BCUT2D eigenvalue weighted by Gasteiger charge is -2.22. The molecule has 0 radical (unpaired) electrons. The first kappa shape index (κ1) is 17.9. The van der Waals surface area contributed by atoms with Crippen molar-refractivity contribution in [3.8, 4) is 6.07 Å². The topological polar surface area (TPSA) is 50.1 Å². The Morgan fingerprint density at radius 3 is 2.50 bits per heavy atom. The minimum atomic E-state index is -0.863. The summed E-state index contributed by atoms with van der Waals surface area (Å²) in [6, 6.07) is 11.3. The van der Waals surface area contributed by atoms with E-state index in [0.29, 0.717) is 5.56 Å². The van der Waals surface area contributed by atoms with Crippen LogP contribution in [0.4, 0.5) is 8.78 Å². The van der Waals surface area contributed by atoms with E-state index in [1.807, 2.05) is 0 Å². The second-order valence-corrected chi connectivity index (χ2v) is 5.65. The highest BCUT2D eigenvalue weighted by atomic mass is 35.5. The van der Waals surface area contributed by atoms with Gasteiger partial charge in [-0.05, 0) is 41.5 Å². The Bertz CT molecular complexity index is 772. The number of carbonyl (C=O) groups excluding carboxylic acids is 1. The van der Waals surface area contributed by atoms with Crippen molar-refractivity contribution < 1.29 is 18.3 Å². The summed E-state index contributed by atoms with van der Waals surface area (Å²) in [6.07, 6.45) is -0.205. The van der Waals surface area contributed by atoms with Gasteiger partial charge in [0.2, 0.25) is 0 Å². The van der Waals surface area contributed by atoms with Crippen LogP contribution >= 0.6 is 11.6 Å². The van der Waals surface area contributed by atoms with E-state index >= 15 is 0 Å². The number of nitrogens with zero attached hydrogens (tertiary/aromatic N) is 1. The molecular formula is C18H14ClF2NO2. The van der Waals surface area contributed by atoms with E-state index in [0.717, 1.165) is 0 Å². The monoisotopic (exact) mass is 349 g/mol. The predicted molar refractivity (Wildman–Crippen MR) is 85.5 cm³/mol. The van der Waals surface area contributed by atoms with E-state index in [1.165, 1.54) is 49.6 Å². The van der Waals surface area contributed by atoms with Gasteiger partial charge < -0.3 is 4.74 Å². The average Bonchev–Trinajstić information content (AvgIpc) is 2.58. The minimum Gasteiger partial charge on any atom is -0.469 e. The van der Waals surface area contributed by atoms with E-state index in [-0.39, 0.29) is 17.0 Å². The van der Waals surface area contributed by atoms with Crippen molar-refractivity contribution in [2.75, 3.05) is 7.11 Å². The van der Waals surface area contributed by atoms with Gasteiger partial charge >= 0.3 is 5.97 Å². The molecule has 0 aliphatic carbocycles. The van der Waals surface area contributed by atoms with Crippen molar-refractivity contribution >= 4 is 17.6 Å². The lowest BCUT2D eigenvalue weighted by molar-refractivity contribution is -0.141. The molecule has 0 aromatic heterocycles. The summed E-state index contributed by atoms with van der Waals surface area (Å²) in [5.74, 6) is -3.28. The Morgan fingerprint density at radius 1 is 1.25 bits per heavy atom. The third kappa shape index (κ3) is 4.09. The summed E-state index contributed by atoms with van der Waals surface area (Å²) in [7, 11) is 1.22. The molecule has 0 bridgehead atoms. The number of rotatable bonds is 5. The summed E-state index contributed by atoms with van der Waals surface area (Å²) in [4.78, 5) is 11.8. The molecule has 0 aliphatic rings. The second kappa shape index (κ2) is 7.89. The van der Waals surface area contributed by atoms with Crippen molar-refractivity contribution in [2.45, 2.75) is 18.3 Å². The van der Waals surface area contributed by atoms with Gasteiger partial charge in [0.25, 0.3) is 0 Å². The third-order valence-corrected chi connectivity index (χ3v) is 3.98. The van der Waals surface area contributed by atoms with E-state index < -0.39 is 29.4 Å². The summed E-state index contributed by atoms with van der Waals surface area (Å²) < 4.78 is 32.1. The maximum atomic E-state index is 14.3. The molecule has 0 amide bonds. The third-order valence-electron chi connectivity index (χ3n) is 3.74. The Labute approximate surface area is 143 Å². The summed E-state index contributed by atoms with van der Waals surface area (Å²) in [5, 5.41) is 9.86. The molecule has 0 fully saturated rings. The van der Waals surface area contributed by atoms with Crippen LogP contribution in [0.3, 0.4) is 0 Å². The van der Waals surface area contributed by atoms with Gasteiger partial charge in [0.05, 0.1) is 25.5 Å². The van der Waals surface area contributed by atoms with Crippen LogP contribution in [0, 0.1) is 23.0 Å². The SMILES string of the molecule is COC(=O)CC(c1cc(Cl)ccc1F)C(C#N)c1ccc(F)cc1. The zero-order valence-electron chi connectivity index (χ0n) is 12.8. The molecule has 0 spiro atoms. The molecule has 0 N–H and O–H groups in total. The van der Waals surface area contributed by atoms with Gasteiger partial charge in [-0.2, -0.15) is 5.26 Å². The Hall–Kier alpha value is -2.45. The fourth-order valence-electron chi connectivity index (χ4n) is 2.54. The quantitative estimate of drug-likeness (QED) is 0.743. The molecule has 124 valence electrons. The molecule has 2 aromatic rings.